The van der Waals surface area contributed by atoms with Crippen molar-refractivity contribution in [2.45, 2.75) is 35.4 Å². The van der Waals surface area contributed by atoms with Crippen molar-refractivity contribution in [3.05, 3.63) is 78.7 Å². The van der Waals surface area contributed by atoms with Gasteiger partial charge in [-0.05, 0) is 68.2 Å². The summed E-state index contributed by atoms with van der Waals surface area (Å²) in [6, 6.07) is 9.78. The Morgan fingerprint density at radius 2 is 1.94 bits per heavy atom. The molecule has 2 fully saturated rings. The summed E-state index contributed by atoms with van der Waals surface area (Å²) < 4.78 is 0. The maximum atomic E-state index is 5.89. The van der Waals surface area contributed by atoms with Crippen LogP contribution in [0.2, 0.25) is 0 Å². The number of likely N-dealkylation sites (tertiary alicyclic amines) is 2. The van der Waals surface area contributed by atoms with Gasteiger partial charge in [-0.1, -0.05) is 31.4 Å². The Labute approximate surface area is 220 Å². The molecule has 4 heterocycles. The lowest BCUT2D eigenvalue weighted by Crippen LogP contribution is -2.59. The first-order valence-electron chi connectivity index (χ1n) is 12.6. The molecule has 1 aromatic carbocycles. The van der Waals surface area contributed by atoms with Gasteiger partial charge in [0.25, 0.3) is 0 Å². The molecule has 6 nitrogen and oxygen atoms in total. The van der Waals surface area contributed by atoms with Crippen LogP contribution in [0.25, 0.3) is 5.57 Å². The highest BCUT2D eigenvalue weighted by molar-refractivity contribution is 7.98. The van der Waals surface area contributed by atoms with Gasteiger partial charge in [-0.15, -0.1) is 11.8 Å². The minimum Gasteiger partial charge on any atom is -0.404 e. The maximum absolute atomic E-state index is 5.89. The van der Waals surface area contributed by atoms with Gasteiger partial charge in [0.05, 0.1) is 5.69 Å². The molecule has 0 unspecified atom stereocenters. The number of piperidine rings is 1. The zero-order chi connectivity index (χ0) is 25.5. The standard InChI is InChI=1S/C25H32N6S.C4H6/c1-27-13-19(12-26)21-5-8-28-25-22(21)16-32-24-4-3-18(11-23(24)29-25)17-6-9-31(10-7-17)20-14-30(2)15-20;1-3-4-2/h3-5,8,11-13,17,20H,6-7,9-10,14-16,26H2,1-2H3,(H,28,29);3-4H,1-2H2/b19-12+,27-13?;. The number of nitrogens with zero attached hydrogens (tertiary/aromatic N) is 4. The van der Waals surface area contributed by atoms with E-state index in [0.717, 1.165) is 28.7 Å². The summed E-state index contributed by atoms with van der Waals surface area (Å²) >= 11 is 1.85. The number of pyridine rings is 1. The van der Waals surface area contributed by atoms with Crippen LogP contribution in [0.4, 0.5) is 11.5 Å². The van der Waals surface area contributed by atoms with E-state index >= 15 is 0 Å². The van der Waals surface area contributed by atoms with E-state index in [2.05, 4.69) is 63.5 Å². The van der Waals surface area contributed by atoms with Crippen molar-refractivity contribution in [2.24, 2.45) is 10.7 Å². The molecule has 0 radical (unpaired) electrons. The molecule has 0 bridgehead atoms. The number of fused-ring (bicyclic) bond motifs is 2. The molecule has 3 aliphatic heterocycles. The Bertz CT molecular complexity index is 1120. The van der Waals surface area contributed by atoms with Crippen LogP contribution in [0.1, 0.15) is 35.4 Å². The Balaban J connectivity index is 0.000000709. The predicted octanol–water partition coefficient (Wildman–Crippen LogP) is 5.28. The lowest BCUT2D eigenvalue weighted by molar-refractivity contribution is 0.0363. The number of nitrogens with two attached hydrogens (primary N) is 1. The monoisotopic (exact) mass is 502 g/mol. The molecule has 0 atom stereocenters. The molecule has 2 aromatic rings. The van der Waals surface area contributed by atoms with Gasteiger partial charge >= 0.3 is 0 Å². The van der Waals surface area contributed by atoms with E-state index < -0.39 is 0 Å². The largest absolute Gasteiger partial charge is 0.404 e. The second kappa shape index (κ2) is 12.4. The zero-order valence-corrected chi connectivity index (χ0v) is 22.3. The molecule has 36 heavy (non-hydrogen) atoms. The quantitative estimate of drug-likeness (QED) is 0.428. The number of benzene rings is 1. The van der Waals surface area contributed by atoms with Gasteiger partial charge in [0.15, 0.2) is 0 Å². The molecule has 3 aliphatic rings. The molecular formula is C29H38N6S. The molecule has 2 saturated heterocycles. The highest BCUT2D eigenvalue weighted by atomic mass is 32.2. The predicted molar refractivity (Wildman–Crippen MR) is 155 cm³/mol. The van der Waals surface area contributed by atoms with Crippen molar-refractivity contribution in [1.82, 2.24) is 14.8 Å². The van der Waals surface area contributed by atoms with Gasteiger partial charge in [-0.2, -0.15) is 0 Å². The summed E-state index contributed by atoms with van der Waals surface area (Å²) in [6.45, 7) is 11.6. The lowest BCUT2D eigenvalue weighted by atomic mass is 9.88. The molecule has 1 aromatic heterocycles. The Kier molecular flexibility index (Phi) is 9.02. The summed E-state index contributed by atoms with van der Waals surface area (Å²) in [7, 11) is 3.98. The topological polar surface area (TPSA) is 69.8 Å². The maximum Gasteiger partial charge on any atom is 0.135 e. The van der Waals surface area contributed by atoms with Crippen molar-refractivity contribution < 1.29 is 0 Å². The fourth-order valence-corrected chi connectivity index (χ4v) is 6.18. The van der Waals surface area contributed by atoms with Gasteiger partial charge in [0.2, 0.25) is 0 Å². The summed E-state index contributed by atoms with van der Waals surface area (Å²) in [5.74, 6) is 2.40. The van der Waals surface area contributed by atoms with E-state index in [1.54, 1.807) is 25.4 Å². The zero-order valence-electron chi connectivity index (χ0n) is 21.5. The van der Waals surface area contributed by atoms with Crippen LogP contribution in [-0.4, -0.2) is 67.3 Å². The number of aromatic nitrogens is 1. The van der Waals surface area contributed by atoms with Crippen LogP contribution in [0.3, 0.4) is 0 Å². The fraction of sp³-hybridized carbons (Fsp3) is 0.379. The van der Waals surface area contributed by atoms with E-state index in [4.69, 9.17) is 5.73 Å². The van der Waals surface area contributed by atoms with Crippen molar-refractivity contribution >= 4 is 35.1 Å². The SMILES string of the molecule is C=CC=C.CN=C/C(=C\N)c1ccnc2c1CSc1ccc(C3CCN(C4CN(C)C4)CC3)cc1N2. The van der Waals surface area contributed by atoms with Crippen molar-refractivity contribution in [2.75, 3.05) is 45.6 Å². The fourth-order valence-electron chi connectivity index (χ4n) is 5.16. The lowest BCUT2D eigenvalue weighted by Gasteiger charge is -2.46. The summed E-state index contributed by atoms with van der Waals surface area (Å²) in [4.78, 5) is 15.2. The molecular weight excluding hydrogens is 464 g/mol. The number of anilines is 2. The van der Waals surface area contributed by atoms with E-state index in [9.17, 15) is 0 Å². The Morgan fingerprint density at radius 1 is 1.19 bits per heavy atom. The van der Waals surface area contributed by atoms with Crippen LogP contribution in [0, 0.1) is 0 Å². The van der Waals surface area contributed by atoms with Gasteiger partial charge in [-0.25, -0.2) is 4.98 Å². The number of rotatable bonds is 5. The van der Waals surface area contributed by atoms with Crippen LogP contribution >= 0.6 is 11.8 Å². The third-order valence-electron chi connectivity index (χ3n) is 7.17. The second-order valence-electron chi connectivity index (χ2n) is 9.52. The average molecular weight is 503 g/mol. The number of aliphatic imine (C=N–C) groups is 1. The van der Waals surface area contributed by atoms with Gasteiger partial charge in [0.1, 0.15) is 5.82 Å². The molecule has 7 heteroatoms. The van der Waals surface area contributed by atoms with E-state index in [1.807, 2.05) is 30.2 Å². The second-order valence-corrected chi connectivity index (χ2v) is 10.5. The van der Waals surface area contributed by atoms with Crippen LogP contribution in [-0.2, 0) is 5.75 Å². The number of nitrogens with one attached hydrogen (secondary N) is 1. The summed E-state index contributed by atoms with van der Waals surface area (Å²) in [5.41, 5.74) is 11.7. The molecule has 0 amide bonds. The van der Waals surface area contributed by atoms with Gasteiger partial charge in [-0.3, -0.25) is 9.89 Å². The number of likely N-dealkylation sites (N-methyl/N-ethyl adjacent to an activating group) is 1. The molecule has 0 saturated carbocycles. The Hall–Kier alpha value is -2.87. The minimum absolute atomic E-state index is 0.635. The van der Waals surface area contributed by atoms with E-state index in [-0.39, 0.29) is 0 Å². The summed E-state index contributed by atoms with van der Waals surface area (Å²) in [6.07, 6.45) is 11.0. The number of allylic oxidation sites excluding steroid dienone is 3. The number of hydrogen-bond donors (Lipinski definition) is 2. The minimum atomic E-state index is 0.635. The third kappa shape index (κ3) is 5.91. The van der Waals surface area contributed by atoms with E-state index in [1.165, 1.54) is 60.7 Å². The molecule has 0 aliphatic carbocycles. The first kappa shape index (κ1) is 26.2. The van der Waals surface area contributed by atoms with Crippen LogP contribution < -0.4 is 11.1 Å². The normalized spacial score (nSPS) is 19.2. The van der Waals surface area contributed by atoms with Crippen molar-refractivity contribution in [1.29, 1.82) is 0 Å². The number of thioether (sulfide) groups is 1. The highest BCUT2D eigenvalue weighted by Gasteiger charge is 2.32. The molecule has 5 rings (SSSR count). The van der Waals surface area contributed by atoms with E-state index in [0.29, 0.717) is 5.92 Å². The summed E-state index contributed by atoms with van der Waals surface area (Å²) in [5, 5.41) is 3.63. The van der Waals surface area contributed by atoms with Crippen LogP contribution in [0.5, 0.6) is 0 Å². The van der Waals surface area contributed by atoms with Gasteiger partial charge < -0.3 is 16.0 Å². The van der Waals surface area contributed by atoms with Crippen LogP contribution in [0.15, 0.2) is 71.9 Å². The first-order valence-corrected chi connectivity index (χ1v) is 13.6. The van der Waals surface area contributed by atoms with Gasteiger partial charge in [0, 0.05) is 66.6 Å². The third-order valence-corrected chi connectivity index (χ3v) is 8.27. The van der Waals surface area contributed by atoms with Crippen molar-refractivity contribution in [3.8, 4) is 0 Å². The average Bonchev–Trinajstić information content (AvgIpc) is 3.09. The van der Waals surface area contributed by atoms with Crippen molar-refractivity contribution in [3.63, 3.8) is 0 Å². The first-order chi connectivity index (χ1) is 17.6. The number of hydrogen-bond acceptors (Lipinski definition) is 7. The Morgan fingerprint density at radius 3 is 2.58 bits per heavy atom. The molecule has 0 spiro atoms. The smallest absolute Gasteiger partial charge is 0.135 e. The molecule has 190 valence electrons. The molecule has 3 N–H and O–H groups in total. The highest BCUT2D eigenvalue weighted by Crippen LogP contribution is 2.42.